The first-order valence-corrected chi connectivity index (χ1v) is 6.93. The van der Waals surface area contributed by atoms with E-state index in [-0.39, 0.29) is 11.5 Å². The van der Waals surface area contributed by atoms with Gasteiger partial charge in [0, 0.05) is 27.5 Å². The van der Waals surface area contributed by atoms with Crippen LogP contribution in [0.3, 0.4) is 0 Å². The molecule has 0 amide bonds. The highest BCUT2D eigenvalue weighted by molar-refractivity contribution is 9.10. The molecule has 2 rings (SSSR count). The lowest BCUT2D eigenvalue weighted by molar-refractivity contribution is -0.0730. The van der Waals surface area contributed by atoms with Gasteiger partial charge in [-0.25, -0.2) is 0 Å². The van der Waals surface area contributed by atoms with Crippen LogP contribution in [0.15, 0.2) is 22.7 Å². The van der Waals surface area contributed by atoms with Crippen LogP contribution in [0, 0.1) is 5.41 Å². The summed E-state index contributed by atoms with van der Waals surface area (Å²) in [6.07, 6.45) is 0.633. The van der Waals surface area contributed by atoms with Gasteiger partial charge in [0.05, 0.1) is 6.10 Å². The van der Waals surface area contributed by atoms with Crippen LogP contribution in [-0.4, -0.2) is 17.3 Å². The van der Waals surface area contributed by atoms with Crippen LogP contribution < -0.4 is 5.32 Å². The van der Waals surface area contributed by atoms with E-state index in [1.54, 1.807) is 0 Å². The molecule has 0 radical (unpaired) electrons. The van der Waals surface area contributed by atoms with Gasteiger partial charge in [-0.15, -0.1) is 0 Å². The first kappa shape index (κ1) is 13.3. The molecular formula is C13H17BrClNO. The highest BCUT2D eigenvalue weighted by atomic mass is 79.9. The zero-order valence-electron chi connectivity index (χ0n) is 10.0. The quantitative estimate of drug-likeness (QED) is 0.896. The van der Waals surface area contributed by atoms with E-state index >= 15 is 0 Å². The molecule has 1 aliphatic rings. The van der Waals surface area contributed by atoms with E-state index in [0.29, 0.717) is 6.04 Å². The van der Waals surface area contributed by atoms with Crippen LogP contribution in [0.5, 0.6) is 0 Å². The number of nitrogens with one attached hydrogen (secondary N) is 1. The molecule has 2 unspecified atom stereocenters. The first-order valence-electron chi connectivity index (χ1n) is 5.76. The third-order valence-corrected chi connectivity index (χ3v) is 4.77. The van der Waals surface area contributed by atoms with E-state index in [1.807, 2.05) is 18.2 Å². The van der Waals surface area contributed by atoms with E-state index in [9.17, 15) is 5.11 Å². The van der Waals surface area contributed by atoms with Gasteiger partial charge in [-0.2, -0.15) is 0 Å². The lowest BCUT2D eigenvalue weighted by Gasteiger charge is -2.49. The molecule has 1 saturated carbocycles. The fourth-order valence-corrected chi connectivity index (χ4v) is 2.74. The van der Waals surface area contributed by atoms with Crippen LogP contribution in [0.25, 0.3) is 0 Å². The van der Waals surface area contributed by atoms with Gasteiger partial charge in [-0.05, 0) is 30.2 Å². The summed E-state index contributed by atoms with van der Waals surface area (Å²) in [5, 5.41) is 13.9. The molecule has 17 heavy (non-hydrogen) atoms. The Kier molecular flexibility index (Phi) is 3.83. The lowest BCUT2D eigenvalue weighted by Crippen LogP contribution is -2.59. The molecule has 1 aromatic rings. The van der Waals surface area contributed by atoms with Crippen LogP contribution in [0.2, 0.25) is 5.02 Å². The average Bonchev–Trinajstić information content (AvgIpc) is 2.28. The maximum Gasteiger partial charge on any atom is 0.0621 e. The first-order chi connectivity index (χ1) is 7.91. The molecule has 2 nitrogen and oxygen atoms in total. The highest BCUT2D eigenvalue weighted by Crippen LogP contribution is 2.40. The summed E-state index contributed by atoms with van der Waals surface area (Å²) in [5.41, 5.74) is 1.11. The van der Waals surface area contributed by atoms with Gasteiger partial charge < -0.3 is 10.4 Å². The Bertz CT molecular complexity index is 422. The molecule has 2 atom stereocenters. The van der Waals surface area contributed by atoms with Crippen LogP contribution in [-0.2, 0) is 6.54 Å². The fourth-order valence-electron chi connectivity index (χ4n) is 2.16. The summed E-state index contributed by atoms with van der Waals surface area (Å²) < 4.78 is 1.06. The zero-order chi connectivity index (χ0) is 12.6. The molecular weight excluding hydrogens is 302 g/mol. The third-order valence-electron chi connectivity index (χ3n) is 3.76. The Labute approximate surface area is 115 Å². The minimum atomic E-state index is -0.192. The number of aliphatic hydroxyl groups excluding tert-OH is 1. The third kappa shape index (κ3) is 2.68. The van der Waals surface area contributed by atoms with Crippen molar-refractivity contribution in [3.8, 4) is 0 Å². The fraction of sp³-hybridized carbons (Fsp3) is 0.538. The summed E-state index contributed by atoms with van der Waals surface area (Å²) in [6.45, 7) is 4.94. The van der Waals surface area contributed by atoms with Gasteiger partial charge >= 0.3 is 0 Å². The molecule has 0 spiro atoms. The zero-order valence-corrected chi connectivity index (χ0v) is 12.3. The van der Waals surface area contributed by atoms with Crippen molar-refractivity contribution in [1.82, 2.24) is 5.32 Å². The van der Waals surface area contributed by atoms with E-state index in [4.69, 9.17) is 11.6 Å². The summed E-state index contributed by atoms with van der Waals surface area (Å²) in [4.78, 5) is 0. The molecule has 1 aromatic carbocycles. The van der Waals surface area contributed by atoms with Gasteiger partial charge in [0.2, 0.25) is 0 Å². The van der Waals surface area contributed by atoms with Crippen LogP contribution in [0.4, 0.5) is 0 Å². The predicted octanol–water partition coefficient (Wildman–Crippen LogP) is 3.35. The topological polar surface area (TPSA) is 32.3 Å². The second-order valence-corrected chi connectivity index (χ2v) is 6.53. The minimum absolute atomic E-state index is 0.0367. The second-order valence-electron chi connectivity index (χ2n) is 5.24. The normalized spacial score (nSPS) is 26.6. The van der Waals surface area contributed by atoms with Crippen molar-refractivity contribution >= 4 is 27.5 Å². The summed E-state index contributed by atoms with van der Waals surface area (Å²) >= 11 is 9.48. The SMILES string of the molecule is CC1(C)C(O)CC1NCc1cc(Cl)ccc1Br. The van der Waals surface area contributed by atoms with Crippen molar-refractivity contribution < 1.29 is 5.11 Å². The Morgan fingerprint density at radius 2 is 2.24 bits per heavy atom. The number of aliphatic hydroxyl groups is 1. The number of hydrogen-bond donors (Lipinski definition) is 2. The molecule has 0 heterocycles. The van der Waals surface area contributed by atoms with Crippen molar-refractivity contribution in [2.75, 3.05) is 0 Å². The van der Waals surface area contributed by atoms with Gasteiger partial charge in [0.15, 0.2) is 0 Å². The predicted molar refractivity (Wildman–Crippen MR) is 74.2 cm³/mol. The van der Waals surface area contributed by atoms with Crippen molar-refractivity contribution in [3.63, 3.8) is 0 Å². The van der Waals surface area contributed by atoms with Gasteiger partial charge in [0.25, 0.3) is 0 Å². The Balaban J connectivity index is 1.97. The smallest absolute Gasteiger partial charge is 0.0621 e. The second kappa shape index (κ2) is 4.88. The molecule has 94 valence electrons. The number of halogens is 2. The number of rotatable bonds is 3. The monoisotopic (exact) mass is 317 g/mol. The molecule has 0 aromatic heterocycles. The summed E-state index contributed by atoms with van der Waals surface area (Å²) in [7, 11) is 0. The molecule has 2 N–H and O–H groups in total. The Morgan fingerprint density at radius 1 is 1.53 bits per heavy atom. The van der Waals surface area contributed by atoms with Crippen molar-refractivity contribution in [3.05, 3.63) is 33.3 Å². The van der Waals surface area contributed by atoms with Crippen LogP contribution >= 0.6 is 27.5 Å². The standard InChI is InChI=1S/C13H17BrClNO/c1-13(2)11(6-12(13)17)16-7-8-5-9(15)3-4-10(8)14/h3-5,11-12,16-17H,6-7H2,1-2H3. The van der Waals surface area contributed by atoms with Gasteiger partial charge in [-0.1, -0.05) is 41.4 Å². The van der Waals surface area contributed by atoms with E-state index in [2.05, 4.69) is 35.1 Å². The Hall–Kier alpha value is -0.0900. The van der Waals surface area contributed by atoms with Crippen molar-refractivity contribution in [1.29, 1.82) is 0 Å². The van der Waals surface area contributed by atoms with E-state index in [1.165, 1.54) is 0 Å². The van der Waals surface area contributed by atoms with E-state index < -0.39 is 0 Å². The number of hydrogen-bond acceptors (Lipinski definition) is 2. The van der Waals surface area contributed by atoms with Gasteiger partial charge in [-0.3, -0.25) is 0 Å². The molecule has 0 saturated heterocycles. The van der Waals surface area contributed by atoms with Crippen molar-refractivity contribution in [2.24, 2.45) is 5.41 Å². The van der Waals surface area contributed by atoms with Crippen LogP contribution in [0.1, 0.15) is 25.8 Å². The molecule has 1 aliphatic carbocycles. The molecule has 0 aliphatic heterocycles. The molecule has 0 bridgehead atoms. The van der Waals surface area contributed by atoms with E-state index in [0.717, 1.165) is 28.0 Å². The highest BCUT2D eigenvalue weighted by Gasteiger charge is 2.46. The minimum Gasteiger partial charge on any atom is -0.392 e. The Morgan fingerprint density at radius 3 is 2.82 bits per heavy atom. The largest absolute Gasteiger partial charge is 0.392 e. The molecule has 1 fully saturated rings. The number of benzene rings is 1. The summed E-state index contributed by atoms with van der Waals surface area (Å²) in [6, 6.07) is 6.15. The van der Waals surface area contributed by atoms with Crippen molar-refractivity contribution in [2.45, 2.75) is 39.0 Å². The molecule has 4 heteroatoms. The summed E-state index contributed by atoms with van der Waals surface area (Å²) in [5.74, 6) is 0. The lowest BCUT2D eigenvalue weighted by atomic mass is 9.64. The maximum absolute atomic E-state index is 9.67. The maximum atomic E-state index is 9.67. The van der Waals surface area contributed by atoms with Gasteiger partial charge in [0.1, 0.15) is 0 Å². The average molecular weight is 319 g/mol.